The third-order valence-electron chi connectivity index (χ3n) is 2.49. The van der Waals surface area contributed by atoms with Crippen LogP contribution in [-0.4, -0.2) is 23.7 Å². The Morgan fingerprint density at radius 1 is 1.47 bits per heavy atom. The number of aryl methyl sites for hydroxylation is 2. The van der Waals surface area contributed by atoms with Gasteiger partial charge in [0.2, 0.25) is 0 Å². The van der Waals surface area contributed by atoms with Gasteiger partial charge in [0.1, 0.15) is 5.76 Å². The monoisotopic (exact) mass is 239 g/mol. The summed E-state index contributed by atoms with van der Waals surface area (Å²) in [6.45, 7) is 7.96. The zero-order chi connectivity index (χ0) is 13.0. The summed E-state index contributed by atoms with van der Waals surface area (Å²) >= 11 is 0. The number of amides is 1. The van der Waals surface area contributed by atoms with E-state index in [2.05, 4.69) is 5.32 Å². The van der Waals surface area contributed by atoms with Crippen LogP contribution in [0.25, 0.3) is 0 Å². The van der Waals surface area contributed by atoms with Gasteiger partial charge in [-0.25, -0.2) is 0 Å². The number of carbonyl (C=O) groups is 1. The highest BCUT2D eigenvalue weighted by molar-refractivity contribution is 5.92. The van der Waals surface area contributed by atoms with Crippen molar-refractivity contribution in [3.8, 4) is 0 Å². The summed E-state index contributed by atoms with van der Waals surface area (Å²) in [7, 11) is 0. The molecule has 0 saturated heterocycles. The van der Waals surface area contributed by atoms with Crippen LogP contribution in [0.1, 0.15) is 42.1 Å². The van der Waals surface area contributed by atoms with Crippen LogP contribution in [0.2, 0.25) is 0 Å². The predicted molar refractivity (Wildman–Crippen MR) is 66.0 cm³/mol. The van der Waals surface area contributed by atoms with E-state index >= 15 is 0 Å². The van der Waals surface area contributed by atoms with E-state index in [0.29, 0.717) is 18.1 Å². The molecule has 1 aromatic heterocycles. The molecule has 1 aromatic rings. The molecule has 0 fully saturated rings. The van der Waals surface area contributed by atoms with Crippen LogP contribution in [0.5, 0.6) is 0 Å². The Morgan fingerprint density at radius 3 is 2.59 bits per heavy atom. The van der Waals surface area contributed by atoms with E-state index in [0.717, 1.165) is 11.3 Å². The van der Waals surface area contributed by atoms with E-state index in [4.69, 9.17) is 4.42 Å². The number of carbonyl (C=O) groups excluding carboxylic acids is 1. The summed E-state index contributed by atoms with van der Waals surface area (Å²) in [6.07, 6.45) is 0.173. The molecule has 0 aliphatic carbocycles. The molecule has 0 aliphatic rings. The van der Waals surface area contributed by atoms with Gasteiger partial charge < -0.3 is 14.8 Å². The molecule has 0 radical (unpaired) electrons. The maximum atomic E-state index is 11.8. The number of aliphatic hydroxyl groups is 1. The number of furan rings is 1. The summed E-state index contributed by atoms with van der Waals surface area (Å²) in [5.41, 5.74) is 0.818. The minimum absolute atomic E-state index is 0.260. The molecule has 0 bridgehead atoms. The van der Waals surface area contributed by atoms with Crippen LogP contribution in [0.15, 0.2) is 10.5 Å². The smallest absolute Gasteiger partial charge is 0.287 e. The van der Waals surface area contributed by atoms with Crippen LogP contribution in [-0.2, 0) is 0 Å². The summed E-state index contributed by atoms with van der Waals surface area (Å²) < 4.78 is 5.30. The maximum Gasteiger partial charge on any atom is 0.287 e. The highest BCUT2D eigenvalue weighted by Gasteiger charge is 2.15. The van der Waals surface area contributed by atoms with Crippen molar-refractivity contribution in [2.24, 2.45) is 5.92 Å². The van der Waals surface area contributed by atoms with E-state index < -0.39 is 6.10 Å². The molecule has 0 saturated carbocycles. The van der Waals surface area contributed by atoms with E-state index in [9.17, 15) is 9.90 Å². The van der Waals surface area contributed by atoms with Crippen molar-refractivity contribution in [1.82, 2.24) is 5.32 Å². The molecule has 1 heterocycles. The highest BCUT2D eigenvalue weighted by atomic mass is 16.3. The summed E-state index contributed by atoms with van der Waals surface area (Å²) in [6, 6.07) is 1.82. The van der Waals surface area contributed by atoms with Gasteiger partial charge in [-0.3, -0.25) is 4.79 Å². The lowest BCUT2D eigenvalue weighted by Gasteiger charge is -2.13. The first-order valence-electron chi connectivity index (χ1n) is 5.93. The first kappa shape index (κ1) is 13.8. The second-order valence-electron chi connectivity index (χ2n) is 4.86. The SMILES string of the molecule is Cc1cc(C)c(C(=O)NCC(O)CC(C)C)o1. The molecule has 96 valence electrons. The Morgan fingerprint density at radius 2 is 2.12 bits per heavy atom. The molecule has 0 spiro atoms. The van der Waals surface area contributed by atoms with Crippen LogP contribution in [0, 0.1) is 19.8 Å². The molecule has 4 heteroatoms. The van der Waals surface area contributed by atoms with E-state index in [-0.39, 0.29) is 12.5 Å². The lowest BCUT2D eigenvalue weighted by atomic mass is 10.1. The van der Waals surface area contributed by atoms with Crippen molar-refractivity contribution in [2.75, 3.05) is 6.54 Å². The summed E-state index contributed by atoms with van der Waals surface area (Å²) in [5.74, 6) is 1.20. The molecule has 0 aliphatic heterocycles. The number of hydrogen-bond donors (Lipinski definition) is 2. The number of hydrogen-bond acceptors (Lipinski definition) is 3. The van der Waals surface area contributed by atoms with Crippen molar-refractivity contribution in [2.45, 2.75) is 40.2 Å². The normalized spacial score (nSPS) is 12.8. The Balaban J connectivity index is 2.47. The van der Waals surface area contributed by atoms with Crippen LogP contribution >= 0.6 is 0 Å². The predicted octanol–water partition coefficient (Wildman–Crippen LogP) is 2.03. The quantitative estimate of drug-likeness (QED) is 0.826. The lowest BCUT2D eigenvalue weighted by Crippen LogP contribution is -2.32. The van der Waals surface area contributed by atoms with Gasteiger partial charge in [0.05, 0.1) is 6.10 Å². The molecule has 17 heavy (non-hydrogen) atoms. The molecule has 1 amide bonds. The van der Waals surface area contributed by atoms with Crippen LogP contribution in [0.4, 0.5) is 0 Å². The third-order valence-corrected chi connectivity index (χ3v) is 2.49. The fourth-order valence-electron chi connectivity index (χ4n) is 1.79. The van der Waals surface area contributed by atoms with E-state index in [1.165, 1.54) is 0 Å². The molecule has 1 unspecified atom stereocenters. The minimum Gasteiger partial charge on any atom is -0.456 e. The standard InChI is InChI=1S/C13H21NO3/c1-8(2)5-11(15)7-14-13(16)12-9(3)6-10(4)17-12/h6,8,11,15H,5,7H2,1-4H3,(H,14,16). The van der Waals surface area contributed by atoms with Crippen molar-refractivity contribution in [3.63, 3.8) is 0 Å². The van der Waals surface area contributed by atoms with Crippen molar-refractivity contribution < 1.29 is 14.3 Å². The van der Waals surface area contributed by atoms with Gasteiger partial charge in [-0.1, -0.05) is 13.8 Å². The Kier molecular flexibility index (Phi) is 4.75. The molecule has 4 nitrogen and oxygen atoms in total. The summed E-state index contributed by atoms with van der Waals surface area (Å²) in [4.78, 5) is 11.8. The average Bonchev–Trinajstić information content (AvgIpc) is 2.53. The van der Waals surface area contributed by atoms with Crippen LogP contribution < -0.4 is 5.32 Å². The Labute approximate surface area is 102 Å². The molecule has 0 aromatic carbocycles. The fraction of sp³-hybridized carbons (Fsp3) is 0.615. The topological polar surface area (TPSA) is 62.5 Å². The second-order valence-corrected chi connectivity index (χ2v) is 4.86. The molecular weight excluding hydrogens is 218 g/mol. The number of rotatable bonds is 5. The maximum absolute atomic E-state index is 11.8. The van der Waals surface area contributed by atoms with Gasteiger partial charge in [0.15, 0.2) is 5.76 Å². The summed E-state index contributed by atoms with van der Waals surface area (Å²) in [5, 5.41) is 12.3. The second kappa shape index (κ2) is 5.87. The van der Waals surface area contributed by atoms with Gasteiger partial charge in [-0.2, -0.15) is 0 Å². The third kappa shape index (κ3) is 4.23. The van der Waals surface area contributed by atoms with Crippen molar-refractivity contribution in [3.05, 3.63) is 23.2 Å². The molecule has 1 atom stereocenters. The van der Waals surface area contributed by atoms with E-state index in [1.807, 2.05) is 26.8 Å². The van der Waals surface area contributed by atoms with Crippen molar-refractivity contribution >= 4 is 5.91 Å². The molecule has 1 rings (SSSR count). The fourth-order valence-corrected chi connectivity index (χ4v) is 1.79. The number of aliphatic hydroxyl groups excluding tert-OH is 1. The lowest BCUT2D eigenvalue weighted by molar-refractivity contribution is 0.0872. The van der Waals surface area contributed by atoms with Gasteiger partial charge in [0, 0.05) is 12.1 Å². The highest BCUT2D eigenvalue weighted by Crippen LogP contribution is 2.13. The Bertz CT molecular complexity index is 382. The van der Waals surface area contributed by atoms with E-state index in [1.54, 1.807) is 6.92 Å². The molecule has 2 N–H and O–H groups in total. The van der Waals surface area contributed by atoms with Gasteiger partial charge in [-0.05, 0) is 32.3 Å². The minimum atomic E-state index is -0.504. The molecular formula is C13H21NO3. The first-order valence-corrected chi connectivity index (χ1v) is 5.93. The Hall–Kier alpha value is -1.29. The zero-order valence-electron chi connectivity index (χ0n) is 10.9. The van der Waals surface area contributed by atoms with Crippen LogP contribution in [0.3, 0.4) is 0 Å². The van der Waals surface area contributed by atoms with Gasteiger partial charge in [0.25, 0.3) is 5.91 Å². The van der Waals surface area contributed by atoms with Crippen molar-refractivity contribution in [1.29, 1.82) is 0 Å². The van der Waals surface area contributed by atoms with Gasteiger partial charge in [-0.15, -0.1) is 0 Å². The number of nitrogens with one attached hydrogen (secondary N) is 1. The average molecular weight is 239 g/mol. The first-order chi connectivity index (χ1) is 7.90. The zero-order valence-corrected chi connectivity index (χ0v) is 10.9. The largest absolute Gasteiger partial charge is 0.456 e. The van der Waals surface area contributed by atoms with Gasteiger partial charge >= 0.3 is 0 Å².